The maximum absolute atomic E-state index is 11.6. The molecule has 2 rings (SSSR count). The molecule has 1 aliphatic rings. The minimum absolute atomic E-state index is 0.00881. The molecule has 4 nitrogen and oxygen atoms in total. The summed E-state index contributed by atoms with van der Waals surface area (Å²) in [6.45, 7) is 4.11. The van der Waals surface area contributed by atoms with Gasteiger partial charge in [0.05, 0.1) is 6.10 Å². The lowest BCUT2D eigenvalue weighted by Gasteiger charge is -2.14. The summed E-state index contributed by atoms with van der Waals surface area (Å²) in [4.78, 5) is 11.6. The highest BCUT2D eigenvalue weighted by Crippen LogP contribution is 2.28. The third kappa shape index (κ3) is 4.49. The average Bonchev–Trinajstić information content (AvgIpc) is 3.23. The number of rotatable bonds is 5. The number of hydrogen-bond donors (Lipinski definition) is 2. The van der Waals surface area contributed by atoms with Crippen molar-refractivity contribution < 1.29 is 9.53 Å². The molecule has 1 unspecified atom stereocenters. The van der Waals surface area contributed by atoms with Gasteiger partial charge in [0.1, 0.15) is 5.75 Å². The molecule has 1 fully saturated rings. The van der Waals surface area contributed by atoms with Crippen LogP contribution in [0.3, 0.4) is 0 Å². The molecule has 20 heavy (non-hydrogen) atoms. The van der Waals surface area contributed by atoms with Crippen LogP contribution in [-0.2, 0) is 4.79 Å². The van der Waals surface area contributed by atoms with Gasteiger partial charge in [0, 0.05) is 17.7 Å². The second-order valence-electron chi connectivity index (χ2n) is 5.08. The van der Waals surface area contributed by atoms with Crippen molar-refractivity contribution in [3.05, 3.63) is 24.3 Å². The van der Waals surface area contributed by atoms with Crippen LogP contribution >= 0.6 is 12.2 Å². The lowest BCUT2D eigenvalue weighted by atomic mass is 10.3. The zero-order chi connectivity index (χ0) is 14.5. The van der Waals surface area contributed by atoms with E-state index in [0.717, 1.165) is 30.7 Å². The van der Waals surface area contributed by atoms with Gasteiger partial charge in [0.25, 0.3) is 0 Å². The third-order valence-corrected chi connectivity index (χ3v) is 3.39. The van der Waals surface area contributed by atoms with Crippen LogP contribution in [-0.4, -0.2) is 17.1 Å². The van der Waals surface area contributed by atoms with E-state index in [1.807, 2.05) is 31.2 Å². The van der Waals surface area contributed by atoms with Crippen LogP contribution in [0.5, 0.6) is 5.75 Å². The van der Waals surface area contributed by atoms with E-state index >= 15 is 0 Å². The Labute approximate surface area is 124 Å². The van der Waals surface area contributed by atoms with Gasteiger partial charge in [-0.1, -0.05) is 13.0 Å². The Morgan fingerprint density at radius 2 is 2.25 bits per heavy atom. The molecule has 1 aliphatic carbocycles. The summed E-state index contributed by atoms with van der Waals surface area (Å²) in [6, 6.07) is 7.56. The van der Waals surface area contributed by atoms with Crippen LogP contribution < -0.4 is 15.4 Å². The predicted octanol–water partition coefficient (Wildman–Crippen LogP) is 3.09. The summed E-state index contributed by atoms with van der Waals surface area (Å²) in [5.74, 6) is 0.949. The summed E-state index contributed by atoms with van der Waals surface area (Å²) >= 11 is 5.13. The molecule has 0 radical (unpaired) electrons. The van der Waals surface area contributed by atoms with Crippen molar-refractivity contribution in [3.63, 3.8) is 0 Å². The molecule has 5 heteroatoms. The lowest BCUT2D eigenvalue weighted by Crippen LogP contribution is -2.35. The first-order valence-corrected chi connectivity index (χ1v) is 7.38. The quantitative estimate of drug-likeness (QED) is 0.819. The number of benzene rings is 1. The number of amides is 1. The van der Waals surface area contributed by atoms with Gasteiger partial charge < -0.3 is 15.4 Å². The molecule has 0 saturated heterocycles. The fourth-order valence-corrected chi connectivity index (χ4v) is 1.90. The molecule has 1 amide bonds. The van der Waals surface area contributed by atoms with Crippen LogP contribution in [0, 0.1) is 5.92 Å². The van der Waals surface area contributed by atoms with Gasteiger partial charge in [-0.05, 0) is 50.5 Å². The van der Waals surface area contributed by atoms with E-state index in [-0.39, 0.29) is 17.9 Å². The monoisotopic (exact) mass is 292 g/mol. The van der Waals surface area contributed by atoms with E-state index in [2.05, 4.69) is 17.6 Å². The number of anilines is 1. The highest BCUT2D eigenvalue weighted by Gasteiger charge is 2.29. The zero-order valence-electron chi connectivity index (χ0n) is 11.8. The SMILES string of the molecule is CCC(C)Oc1cccc(NC(=S)NC(=O)C2CC2)c1. The van der Waals surface area contributed by atoms with Crippen molar-refractivity contribution in [2.75, 3.05) is 5.32 Å². The standard InChI is InChI=1S/C15H20N2O2S/c1-3-10(2)19-13-6-4-5-12(9-13)16-15(20)17-14(18)11-7-8-11/h4-6,9-11H,3,7-8H2,1-2H3,(H2,16,17,18,20). The van der Waals surface area contributed by atoms with E-state index in [1.54, 1.807) is 0 Å². The molecule has 108 valence electrons. The Hall–Kier alpha value is -1.62. The van der Waals surface area contributed by atoms with Gasteiger partial charge in [-0.3, -0.25) is 4.79 Å². The molecule has 1 aromatic rings. The summed E-state index contributed by atoms with van der Waals surface area (Å²) in [5.41, 5.74) is 0.812. The Morgan fingerprint density at radius 3 is 2.90 bits per heavy atom. The van der Waals surface area contributed by atoms with E-state index in [1.165, 1.54) is 0 Å². The smallest absolute Gasteiger partial charge is 0.229 e. The molecule has 2 N–H and O–H groups in total. The molecule has 0 spiro atoms. The van der Waals surface area contributed by atoms with Crippen LogP contribution in [0.15, 0.2) is 24.3 Å². The average molecular weight is 292 g/mol. The van der Waals surface area contributed by atoms with Gasteiger partial charge in [0.15, 0.2) is 5.11 Å². The number of thiocarbonyl (C=S) groups is 1. The second-order valence-corrected chi connectivity index (χ2v) is 5.49. The summed E-state index contributed by atoms with van der Waals surface area (Å²) in [6.07, 6.45) is 3.05. The molecular formula is C15H20N2O2S. The second kappa shape index (κ2) is 6.70. The summed E-state index contributed by atoms with van der Waals surface area (Å²) < 4.78 is 5.74. The largest absolute Gasteiger partial charge is 0.491 e. The number of carbonyl (C=O) groups excluding carboxylic acids is 1. The fourth-order valence-electron chi connectivity index (χ4n) is 1.68. The molecule has 1 aromatic carbocycles. The topological polar surface area (TPSA) is 50.4 Å². The normalized spacial score (nSPS) is 15.3. The summed E-state index contributed by atoms with van der Waals surface area (Å²) in [5, 5.41) is 6.04. The highest BCUT2D eigenvalue weighted by atomic mass is 32.1. The Morgan fingerprint density at radius 1 is 1.50 bits per heavy atom. The van der Waals surface area contributed by atoms with Crippen molar-refractivity contribution in [2.24, 2.45) is 5.92 Å². The first-order valence-electron chi connectivity index (χ1n) is 6.97. The molecule has 0 aliphatic heterocycles. The van der Waals surface area contributed by atoms with Crippen LogP contribution in [0.1, 0.15) is 33.1 Å². The minimum atomic E-state index is 0.00881. The third-order valence-electron chi connectivity index (χ3n) is 3.19. The van der Waals surface area contributed by atoms with Crippen LogP contribution in [0.2, 0.25) is 0 Å². The predicted molar refractivity (Wildman–Crippen MR) is 83.9 cm³/mol. The molecular weight excluding hydrogens is 272 g/mol. The Bertz CT molecular complexity index is 500. The first-order chi connectivity index (χ1) is 9.58. The van der Waals surface area contributed by atoms with Crippen molar-refractivity contribution in [2.45, 2.75) is 39.2 Å². The zero-order valence-corrected chi connectivity index (χ0v) is 12.6. The fraction of sp³-hybridized carbons (Fsp3) is 0.467. The Balaban J connectivity index is 1.89. The molecule has 0 heterocycles. The van der Waals surface area contributed by atoms with Crippen molar-refractivity contribution in [1.29, 1.82) is 0 Å². The number of ether oxygens (including phenoxy) is 1. The molecule has 1 saturated carbocycles. The van der Waals surface area contributed by atoms with E-state index < -0.39 is 0 Å². The van der Waals surface area contributed by atoms with Crippen LogP contribution in [0.25, 0.3) is 0 Å². The maximum atomic E-state index is 11.6. The van der Waals surface area contributed by atoms with E-state index in [0.29, 0.717) is 5.11 Å². The van der Waals surface area contributed by atoms with Crippen molar-refractivity contribution in [1.82, 2.24) is 5.32 Å². The van der Waals surface area contributed by atoms with Gasteiger partial charge in [-0.15, -0.1) is 0 Å². The van der Waals surface area contributed by atoms with Crippen molar-refractivity contribution >= 4 is 28.9 Å². The number of nitrogens with one attached hydrogen (secondary N) is 2. The molecule has 0 aromatic heterocycles. The summed E-state index contributed by atoms with van der Waals surface area (Å²) in [7, 11) is 0. The van der Waals surface area contributed by atoms with Crippen LogP contribution in [0.4, 0.5) is 5.69 Å². The molecule has 0 bridgehead atoms. The van der Waals surface area contributed by atoms with E-state index in [9.17, 15) is 4.79 Å². The van der Waals surface area contributed by atoms with Gasteiger partial charge >= 0.3 is 0 Å². The van der Waals surface area contributed by atoms with Gasteiger partial charge in [-0.25, -0.2) is 0 Å². The first kappa shape index (κ1) is 14.8. The lowest BCUT2D eigenvalue weighted by molar-refractivity contribution is -0.120. The highest BCUT2D eigenvalue weighted by molar-refractivity contribution is 7.80. The number of carbonyl (C=O) groups is 1. The van der Waals surface area contributed by atoms with E-state index in [4.69, 9.17) is 17.0 Å². The maximum Gasteiger partial charge on any atom is 0.229 e. The van der Waals surface area contributed by atoms with Crippen molar-refractivity contribution in [3.8, 4) is 5.75 Å². The van der Waals surface area contributed by atoms with Gasteiger partial charge in [0.2, 0.25) is 5.91 Å². The van der Waals surface area contributed by atoms with Gasteiger partial charge in [-0.2, -0.15) is 0 Å². The Kier molecular flexibility index (Phi) is 4.95. The molecule has 1 atom stereocenters. The minimum Gasteiger partial charge on any atom is -0.491 e. The number of hydrogen-bond acceptors (Lipinski definition) is 3.